The maximum atomic E-state index is 12.4. The minimum atomic E-state index is 0.116. The number of pyridine rings is 1. The highest BCUT2D eigenvalue weighted by Gasteiger charge is 2.19. The van der Waals surface area contributed by atoms with Crippen molar-refractivity contribution in [2.24, 2.45) is 0 Å². The van der Waals surface area contributed by atoms with E-state index in [9.17, 15) is 4.79 Å². The number of aryl methyl sites for hydroxylation is 2. The first-order chi connectivity index (χ1) is 8.75. The van der Waals surface area contributed by atoms with Crippen LogP contribution >= 0.6 is 23.1 Å². The van der Waals surface area contributed by atoms with Gasteiger partial charge in [-0.3, -0.25) is 9.78 Å². The predicted octanol–water partition coefficient (Wildman–Crippen LogP) is 3.47. The molecule has 0 spiro atoms. The van der Waals surface area contributed by atoms with Gasteiger partial charge in [0.25, 0.3) is 0 Å². The van der Waals surface area contributed by atoms with E-state index in [1.165, 1.54) is 16.2 Å². The molecule has 0 aromatic carbocycles. The number of thiophene rings is 1. The lowest BCUT2D eigenvalue weighted by Crippen LogP contribution is -2.01. The second kappa shape index (κ2) is 4.86. The van der Waals surface area contributed by atoms with Gasteiger partial charge in [-0.1, -0.05) is 0 Å². The zero-order valence-electron chi connectivity index (χ0n) is 10.1. The SMILES string of the molecule is Cc1ccncc1C(=O)c1cc2c(s1)CCSC2. The van der Waals surface area contributed by atoms with Gasteiger partial charge in [0.15, 0.2) is 0 Å². The van der Waals surface area contributed by atoms with E-state index in [2.05, 4.69) is 11.1 Å². The third kappa shape index (κ3) is 2.10. The molecule has 2 aromatic rings. The molecule has 92 valence electrons. The quantitative estimate of drug-likeness (QED) is 0.786. The number of hydrogen-bond donors (Lipinski definition) is 0. The Hall–Kier alpha value is -1.13. The van der Waals surface area contributed by atoms with Crippen LogP contribution in [0.4, 0.5) is 0 Å². The van der Waals surface area contributed by atoms with Gasteiger partial charge in [0.2, 0.25) is 5.78 Å². The Morgan fingerprint density at radius 2 is 2.33 bits per heavy atom. The first-order valence-corrected chi connectivity index (χ1v) is 7.87. The minimum absolute atomic E-state index is 0.116. The third-order valence-electron chi connectivity index (χ3n) is 3.14. The number of hydrogen-bond acceptors (Lipinski definition) is 4. The van der Waals surface area contributed by atoms with Crippen molar-refractivity contribution in [3.63, 3.8) is 0 Å². The smallest absolute Gasteiger partial charge is 0.204 e. The molecule has 18 heavy (non-hydrogen) atoms. The van der Waals surface area contributed by atoms with Crippen molar-refractivity contribution >= 4 is 28.9 Å². The topological polar surface area (TPSA) is 30.0 Å². The van der Waals surface area contributed by atoms with E-state index in [1.807, 2.05) is 24.8 Å². The van der Waals surface area contributed by atoms with Gasteiger partial charge in [-0.15, -0.1) is 11.3 Å². The molecule has 0 aliphatic carbocycles. The Morgan fingerprint density at radius 3 is 3.11 bits per heavy atom. The van der Waals surface area contributed by atoms with Gasteiger partial charge in [-0.2, -0.15) is 11.8 Å². The molecule has 2 nitrogen and oxygen atoms in total. The van der Waals surface area contributed by atoms with E-state index >= 15 is 0 Å². The van der Waals surface area contributed by atoms with Gasteiger partial charge in [-0.25, -0.2) is 0 Å². The average molecular weight is 275 g/mol. The van der Waals surface area contributed by atoms with Crippen LogP contribution in [0.15, 0.2) is 24.5 Å². The number of aromatic nitrogens is 1. The fourth-order valence-electron chi connectivity index (χ4n) is 2.09. The van der Waals surface area contributed by atoms with Crippen LogP contribution in [-0.2, 0) is 12.2 Å². The van der Waals surface area contributed by atoms with Gasteiger partial charge >= 0.3 is 0 Å². The Balaban J connectivity index is 1.98. The third-order valence-corrected chi connectivity index (χ3v) is 5.38. The van der Waals surface area contributed by atoms with Crippen LogP contribution in [0.3, 0.4) is 0 Å². The lowest BCUT2D eigenvalue weighted by Gasteiger charge is -2.08. The molecule has 0 fully saturated rings. The zero-order valence-corrected chi connectivity index (χ0v) is 11.7. The highest BCUT2D eigenvalue weighted by atomic mass is 32.2. The highest BCUT2D eigenvalue weighted by Crippen LogP contribution is 2.32. The van der Waals surface area contributed by atoms with Crippen LogP contribution in [0, 0.1) is 6.92 Å². The summed E-state index contributed by atoms with van der Waals surface area (Å²) in [5, 5.41) is 0. The highest BCUT2D eigenvalue weighted by molar-refractivity contribution is 7.98. The first kappa shape index (κ1) is 11.9. The number of thioether (sulfide) groups is 1. The summed E-state index contributed by atoms with van der Waals surface area (Å²) in [4.78, 5) is 18.7. The number of carbonyl (C=O) groups excluding carboxylic acids is 1. The van der Waals surface area contributed by atoms with Crippen molar-refractivity contribution in [3.8, 4) is 0 Å². The van der Waals surface area contributed by atoms with E-state index < -0.39 is 0 Å². The fraction of sp³-hybridized carbons (Fsp3) is 0.286. The normalized spacial score (nSPS) is 14.3. The van der Waals surface area contributed by atoms with E-state index in [4.69, 9.17) is 0 Å². The summed E-state index contributed by atoms with van der Waals surface area (Å²) < 4.78 is 0. The van der Waals surface area contributed by atoms with E-state index in [1.54, 1.807) is 23.7 Å². The standard InChI is InChI=1S/C14H13NOS2/c1-9-2-4-15-7-11(9)14(16)13-6-10-8-17-5-3-12(10)18-13/h2,4,6-7H,3,5,8H2,1H3. The lowest BCUT2D eigenvalue weighted by molar-refractivity contribution is 0.104. The summed E-state index contributed by atoms with van der Waals surface area (Å²) in [7, 11) is 0. The maximum absolute atomic E-state index is 12.4. The van der Waals surface area contributed by atoms with Crippen LogP contribution in [0.25, 0.3) is 0 Å². The molecule has 0 saturated heterocycles. The summed E-state index contributed by atoms with van der Waals surface area (Å²) in [6.45, 7) is 1.96. The number of rotatable bonds is 2. The summed E-state index contributed by atoms with van der Waals surface area (Å²) in [6, 6.07) is 3.96. The maximum Gasteiger partial charge on any atom is 0.204 e. The Labute approximate surface area is 114 Å². The second-order valence-corrected chi connectivity index (χ2v) is 6.62. The monoisotopic (exact) mass is 275 g/mol. The van der Waals surface area contributed by atoms with E-state index in [0.29, 0.717) is 0 Å². The van der Waals surface area contributed by atoms with Crippen LogP contribution in [0.1, 0.15) is 31.2 Å². The number of fused-ring (bicyclic) bond motifs is 1. The Bertz CT molecular complexity index is 580. The summed E-state index contributed by atoms with van der Waals surface area (Å²) >= 11 is 3.60. The Kier molecular flexibility index (Phi) is 3.22. The van der Waals surface area contributed by atoms with Crippen LogP contribution in [-0.4, -0.2) is 16.5 Å². The molecule has 1 aliphatic heterocycles. The molecule has 0 N–H and O–H groups in total. The minimum Gasteiger partial charge on any atom is -0.288 e. The molecule has 0 unspecified atom stereocenters. The predicted molar refractivity (Wildman–Crippen MR) is 76.6 cm³/mol. The van der Waals surface area contributed by atoms with Crippen molar-refractivity contribution < 1.29 is 4.79 Å². The number of nitrogens with zero attached hydrogens (tertiary/aromatic N) is 1. The molecular formula is C14H13NOS2. The molecule has 3 heterocycles. The van der Waals surface area contributed by atoms with E-state index in [-0.39, 0.29) is 5.78 Å². The molecule has 2 aromatic heterocycles. The molecular weight excluding hydrogens is 262 g/mol. The van der Waals surface area contributed by atoms with Gasteiger partial charge in [-0.05, 0) is 42.4 Å². The van der Waals surface area contributed by atoms with E-state index in [0.717, 1.165) is 28.2 Å². The average Bonchev–Trinajstić information content (AvgIpc) is 2.82. The second-order valence-electron chi connectivity index (χ2n) is 4.38. The van der Waals surface area contributed by atoms with Crippen LogP contribution < -0.4 is 0 Å². The molecule has 0 amide bonds. The number of ketones is 1. The van der Waals surface area contributed by atoms with Gasteiger partial charge in [0.05, 0.1) is 4.88 Å². The summed E-state index contributed by atoms with van der Waals surface area (Å²) in [6.07, 6.45) is 4.50. The Morgan fingerprint density at radius 1 is 1.44 bits per heavy atom. The molecule has 1 aliphatic rings. The van der Waals surface area contributed by atoms with Gasteiger partial charge in [0, 0.05) is 28.6 Å². The zero-order chi connectivity index (χ0) is 12.5. The summed E-state index contributed by atoms with van der Waals surface area (Å²) in [5.41, 5.74) is 3.07. The first-order valence-electron chi connectivity index (χ1n) is 5.90. The van der Waals surface area contributed by atoms with Crippen molar-refractivity contribution in [2.75, 3.05) is 5.75 Å². The molecule has 0 saturated carbocycles. The van der Waals surface area contributed by atoms with Crippen molar-refractivity contribution in [1.29, 1.82) is 0 Å². The molecule has 0 atom stereocenters. The number of carbonyl (C=O) groups is 1. The molecule has 0 radical (unpaired) electrons. The van der Waals surface area contributed by atoms with Gasteiger partial charge in [0.1, 0.15) is 0 Å². The molecule has 3 rings (SSSR count). The summed E-state index contributed by atoms with van der Waals surface area (Å²) in [5.74, 6) is 2.34. The van der Waals surface area contributed by atoms with Crippen molar-refractivity contribution in [1.82, 2.24) is 4.98 Å². The van der Waals surface area contributed by atoms with Crippen molar-refractivity contribution in [2.45, 2.75) is 19.1 Å². The van der Waals surface area contributed by atoms with Gasteiger partial charge < -0.3 is 0 Å². The van der Waals surface area contributed by atoms with Crippen LogP contribution in [0.2, 0.25) is 0 Å². The lowest BCUT2D eigenvalue weighted by atomic mass is 10.1. The largest absolute Gasteiger partial charge is 0.288 e. The molecule has 0 bridgehead atoms. The van der Waals surface area contributed by atoms with Crippen LogP contribution in [0.5, 0.6) is 0 Å². The van der Waals surface area contributed by atoms with Crippen molar-refractivity contribution in [3.05, 3.63) is 51.0 Å². The molecule has 4 heteroatoms. The fourth-order valence-corrected chi connectivity index (χ4v) is 4.42.